The van der Waals surface area contributed by atoms with Crippen LogP contribution in [0, 0.1) is 0 Å². The molecule has 1 aromatic carbocycles. The van der Waals surface area contributed by atoms with Gasteiger partial charge in [0.15, 0.2) is 0 Å². The summed E-state index contributed by atoms with van der Waals surface area (Å²) in [5, 5.41) is 24.9. The van der Waals surface area contributed by atoms with Crippen LogP contribution in [-0.2, 0) is 12.8 Å². The highest BCUT2D eigenvalue weighted by atomic mass is 16.4. The second kappa shape index (κ2) is 4.69. The maximum absolute atomic E-state index is 10.8. The molecule has 0 atom stereocenters. The van der Waals surface area contributed by atoms with Crippen LogP contribution in [0.3, 0.4) is 0 Å². The quantitative estimate of drug-likeness (QED) is 0.747. The minimum Gasteiger partial charge on any atom is -0.507 e. The smallest absolute Gasteiger partial charge is 0.339 e. The molecule has 0 unspecified atom stereocenters. The lowest BCUT2D eigenvalue weighted by Gasteiger charge is -2.04. The highest BCUT2D eigenvalue weighted by Gasteiger charge is 2.10. The third-order valence-corrected chi connectivity index (χ3v) is 2.53. The molecule has 0 spiro atoms. The fourth-order valence-corrected chi connectivity index (χ4v) is 1.61. The summed E-state index contributed by atoms with van der Waals surface area (Å²) in [7, 11) is 0. The number of aromatic nitrogens is 2. The lowest BCUT2D eigenvalue weighted by atomic mass is 10.0. The van der Waals surface area contributed by atoms with Crippen LogP contribution in [0.15, 0.2) is 30.5 Å². The van der Waals surface area contributed by atoms with Gasteiger partial charge in [0.05, 0.1) is 0 Å². The molecule has 2 aromatic rings. The Balaban J connectivity index is 2.11. The van der Waals surface area contributed by atoms with Gasteiger partial charge in [-0.3, -0.25) is 5.10 Å². The second-order valence-electron chi connectivity index (χ2n) is 3.74. The first kappa shape index (κ1) is 11.2. The molecule has 0 amide bonds. The number of hydrogen-bond acceptors (Lipinski definition) is 3. The molecule has 0 aliphatic rings. The van der Waals surface area contributed by atoms with Gasteiger partial charge in [0.25, 0.3) is 0 Å². The van der Waals surface area contributed by atoms with E-state index in [4.69, 9.17) is 5.11 Å². The highest BCUT2D eigenvalue weighted by Crippen LogP contribution is 2.19. The van der Waals surface area contributed by atoms with Crippen molar-refractivity contribution in [3.63, 3.8) is 0 Å². The van der Waals surface area contributed by atoms with E-state index in [-0.39, 0.29) is 11.3 Å². The number of aromatic carboxylic acids is 1. The first-order chi connectivity index (χ1) is 8.16. The molecule has 0 aliphatic heterocycles. The summed E-state index contributed by atoms with van der Waals surface area (Å²) in [6.45, 7) is 0. The summed E-state index contributed by atoms with van der Waals surface area (Å²) in [5.74, 6) is -1.33. The Morgan fingerprint density at radius 1 is 1.29 bits per heavy atom. The molecule has 1 heterocycles. The number of aryl methyl sites for hydroxylation is 2. The number of phenols is 1. The van der Waals surface area contributed by atoms with Crippen LogP contribution in [0.4, 0.5) is 0 Å². The topological polar surface area (TPSA) is 86.2 Å². The summed E-state index contributed by atoms with van der Waals surface area (Å²) in [6.07, 6.45) is 3.13. The molecule has 0 saturated heterocycles. The Hall–Kier alpha value is -2.30. The Bertz CT molecular complexity index is 521. The lowest BCUT2D eigenvalue weighted by Crippen LogP contribution is -1.99. The van der Waals surface area contributed by atoms with Gasteiger partial charge in [-0.25, -0.2) is 4.79 Å². The van der Waals surface area contributed by atoms with E-state index in [1.54, 1.807) is 12.3 Å². The van der Waals surface area contributed by atoms with Gasteiger partial charge in [-0.15, -0.1) is 0 Å². The second-order valence-corrected chi connectivity index (χ2v) is 3.74. The Labute approximate surface area is 97.7 Å². The van der Waals surface area contributed by atoms with Crippen LogP contribution in [0.25, 0.3) is 0 Å². The summed E-state index contributed by atoms with van der Waals surface area (Å²) >= 11 is 0. The number of aromatic amines is 1. The number of carboxylic acids is 1. The molecular weight excluding hydrogens is 220 g/mol. The molecule has 0 saturated carbocycles. The number of hydrogen-bond donors (Lipinski definition) is 3. The number of rotatable bonds is 4. The average molecular weight is 232 g/mol. The number of H-pyrrole nitrogens is 1. The van der Waals surface area contributed by atoms with Crippen molar-refractivity contribution >= 4 is 5.97 Å². The van der Waals surface area contributed by atoms with E-state index in [1.807, 2.05) is 6.07 Å². The molecule has 17 heavy (non-hydrogen) atoms. The number of carbonyl (C=O) groups is 1. The molecule has 5 heteroatoms. The molecule has 0 fully saturated rings. The minimum absolute atomic E-state index is 0.0629. The van der Waals surface area contributed by atoms with Crippen molar-refractivity contribution < 1.29 is 15.0 Å². The SMILES string of the molecule is O=C(O)c1cc(CCc2ccn[nH]2)ccc1O. The number of nitrogens with one attached hydrogen (secondary N) is 1. The van der Waals surface area contributed by atoms with Crippen molar-refractivity contribution in [1.82, 2.24) is 10.2 Å². The van der Waals surface area contributed by atoms with Crippen molar-refractivity contribution in [1.29, 1.82) is 0 Å². The molecule has 5 nitrogen and oxygen atoms in total. The molecule has 3 N–H and O–H groups in total. The number of aromatic hydroxyl groups is 1. The van der Waals surface area contributed by atoms with E-state index in [0.717, 1.165) is 17.7 Å². The van der Waals surface area contributed by atoms with Gasteiger partial charge in [0.1, 0.15) is 11.3 Å². The number of benzene rings is 1. The monoisotopic (exact) mass is 232 g/mol. The van der Waals surface area contributed by atoms with Crippen LogP contribution in [0.1, 0.15) is 21.6 Å². The third kappa shape index (κ3) is 2.63. The Morgan fingerprint density at radius 2 is 2.12 bits per heavy atom. The van der Waals surface area contributed by atoms with Crippen LogP contribution in [0.2, 0.25) is 0 Å². The van der Waals surface area contributed by atoms with Gasteiger partial charge in [0.2, 0.25) is 0 Å². The van der Waals surface area contributed by atoms with Gasteiger partial charge >= 0.3 is 5.97 Å². The number of nitrogens with zero attached hydrogens (tertiary/aromatic N) is 1. The molecule has 2 rings (SSSR count). The average Bonchev–Trinajstić information content (AvgIpc) is 2.80. The van der Waals surface area contributed by atoms with Crippen LogP contribution in [-0.4, -0.2) is 26.4 Å². The molecule has 0 radical (unpaired) electrons. The molecular formula is C12H12N2O3. The van der Waals surface area contributed by atoms with Gasteiger partial charge < -0.3 is 10.2 Å². The maximum atomic E-state index is 10.8. The van der Waals surface area contributed by atoms with E-state index in [9.17, 15) is 9.90 Å². The normalized spacial score (nSPS) is 10.4. The fourth-order valence-electron chi connectivity index (χ4n) is 1.61. The fraction of sp³-hybridized carbons (Fsp3) is 0.167. The van der Waals surface area contributed by atoms with Gasteiger partial charge in [0, 0.05) is 11.9 Å². The van der Waals surface area contributed by atoms with E-state index < -0.39 is 5.97 Å². The lowest BCUT2D eigenvalue weighted by molar-refractivity contribution is 0.0693. The van der Waals surface area contributed by atoms with Crippen molar-refractivity contribution in [3.05, 3.63) is 47.3 Å². The van der Waals surface area contributed by atoms with E-state index in [2.05, 4.69) is 10.2 Å². The maximum Gasteiger partial charge on any atom is 0.339 e. The van der Waals surface area contributed by atoms with Gasteiger partial charge in [-0.05, 0) is 36.6 Å². The first-order valence-corrected chi connectivity index (χ1v) is 5.20. The minimum atomic E-state index is -1.12. The molecule has 88 valence electrons. The zero-order valence-electron chi connectivity index (χ0n) is 9.05. The summed E-state index contributed by atoms with van der Waals surface area (Å²) in [5.41, 5.74) is 1.80. The van der Waals surface area contributed by atoms with Gasteiger partial charge in [-0.2, -0.15) is 5.10 Å². The van der Waals surface area contributed by atoms with E-state index in [0.29, 0.717) is 6.42 Å². The summed E-state index contributed by atoms with van der Waals surface area (Å²) in [6, 6.07) is 6.50. The first-order valence-electron chi connectivity index (χ1n) is 5.20. The van der Waals surface area contributed by atoms with Crippen molar-refractivity contribution in [2.45, 2.75) is 12.8 Å². The largest absolute Gasteiger partial charge is 0.507 e. The zero-order valence-corrected chi connectivity index (χ0v) is 9.05. The third-order valence-electron chi connectivity index (χ3n) is 2.53. The van der Waals surface area contributed by atoms with Gasteiger partial charge in [-0.1, -0.05) is 6.07 Å². The predicted octanol–water partition coefficient (Wildman–Crippen LogP) is 1.60. The molecule has 0 aliphatic carbocycles. The Kier molecular flexibility index (Phi) is 3.09. The molecule has 0 bridgehead atoms. The van der Waals surface area contributed by atoms with Crippen molar-refractivity contribution in [3.8, 4) is 5.75 Å². The van der Waals surface area contributed by atoms with Crippen LogP contribution in [0.5, 0.6) is 5.75 Å². The summed E-state index contributed by atoms with van der Waals surface area (Å²) < 4.78 is 0. The van der Waals surface area contributed by atoms with E-state index in [1.165, 1.54) is 12.1 Å². The van der Waals surface area contributed by atoms with Crippen molar-refractivity contribution in [2.24, 2.45) is 0 Å². The Morgan fingerprint density at radius 3 is 2.76 bits per heavy atom. The number of carboxylic acid groups (broad SMARTS) is 1. The zero-order chi connectivity index (χ0) is 12.3. The predicted molar refractivity (Wildman–Crippen MR) is 61.1 cm³/mol. The van der Waals surface area contributed by atoms with Crippen LogP contribution >= 0.6 is 0 Å². The highest BCUT2D eigenvalue weighted by molar-refractivity contribution is 5.90. The summed E-state index contributed by atoms with van der Waals surface area (Å²) in [4.78, 5) is 10.8. The van der Waals surface area contributed by atoms with Crippen LogP contribution < -0.4 is 0 Å². The molecule has 1 aromatic heterocycles. The van der Waals surface area contributed by atoms with Crippen molar-refractivity contribution in [2.75, 3.05) is 0 Å². The van der Waals surface area contributed by atoms with E-state index >= 15 is 0 Å². The standard InChI is InChI=1S/C12H12N2O3/c15-11-4-2-8(7-10(11)12(16)17)1-3-9-5-6-13-14-9/h2,4-7,15H,1,3H2,(H,13,14)(H,16,17).